The number of nitrogens with one attached hydrogen (secondary N) is 1. The molecule has 1 N–H and O–H groups in total. The summed E-state index contributed by atoms with van der Waals surface area (Å²) in [6.07, 6.45) is 1.90. The van der Waals surface area contributed by atoms with Crippen LogP contribution in [0.15, 0.2) is 10.9 Å². The van der Waals surface area contributed by atoms with Gasteiger partial charge in [0.1, 0.15) is 17.3 Å². The lowest BCUT2D eigenvalue weighted by Crippen LogP contribution is -2.11. The molecule has 0 aliphatic heterocycles. The lowest BCUT2D eigenvalue weighted by Gasteiger charge is -2.01. The Kier molecular flexibility index (Phi) is 3.91. The topological polar surface area (TPSA) is 55.0 Å². The van der Waals surface area contributed by atoms with E-state index < -0.39 is 0 Å². The van der Waals surface area contributed by atoms with Crippen LogP contribution < -0.4 is 5.56 Å². The molecule has 0 atom stereocenters. The van der Waals surface area contributed by atoms with E-state index in [4.69, 9.17) is 4.74 Å². The molecule has 0 radical (unpaired) electrons. The van der Waals surface area contributed by atoms with Crippen LogP contribution in [-0.4, -0.2) is 16.6 Å². The lowest BCUT2D eigenvalue weighted by atomic mass is 10.3. The summed E-state index contributed by atoms with van der Waals surface area (Å²) in [6, 6.07) is 1.92. The smallest absolute Gasteiger partial charge is 0.259 e. The molecule has 0 fully saturated rings. The van der Waals surface area contributed by atoms with Crippen molar-refractivity contribution >= 4 is 21.6 Å². The van der Waals surface area contributed by atoms with E-state index in [9.17, 15) is 4.79 Å². The van der Waals surface area contributed by atoms with Gasteiger partial charge in [-0.2, -0.15) is 0 Å². The van der Waals surface area contributed by atoms with Crippen LogP contribution in [0.25, 0.3) is 10.2 Å². The summed E-state index contributed by atoms with van der Waals surface area (Å²) in [5, 5.41) is 0.686. The highest BCUT2D eigenvalue weighted by Gasteiger charge is 2.07. The number of thiophene rings is 1. The maximum Gasteiger partial charge on any atom is 0.259 e. The molecule has 2 heterocycles. The first kappa shape index (κ1) is 12.3. The van der Waals surface area contributed by atoms with Crippen LogP contribution in [0.5, 0.6) is 0 Å². The molecule has 0 saturated carbocycles. The quantitative estimate of drug-likeness (QED) is 0.832. The first-order valence-corrected chi connectivity index (χ1v) is 6.65. The van der Waals surface area contributed by atoms with Gasteiger partial charge in [-0.15, -0.1) is 11.3 Å². The van der Waals surface area contributed by atoms with Crippen molar-refractivity contribution in [3.63, 3.8) is 0 Å². The molecule has 2 aromatic heterocycles. The summed E-state index contributed by atoms with van der Waals surface area (Å²) in [5.41, 5.74) is -0.0685. The van der Waals surface area contributed by atoms with E-state index in [0.717, 1.165) is 17.7 Å². The number of ether oxygens (including phenoxy) is 1. The van der Waals surface area contributed by atoms with Gasteiger partial charge in [-0.3, -0.25) is 4.79 Å². The van der Waals surface area contributed by atoms with Gasteiger partial charge in [0.05, 0.1) is 5.39 Å². The van der Waals surface area contributed by atoms with E-state index in [-0.39, 0.29) is 5.56 Å². The van der Waals surface area contributed by atoms with Gasteiger partial charge in [-0.25, -0.2) is 4.98 Å². The Morgan fingerprint density at radius 1 is 1.47 bits per heavy atom. The van der Waals surface area contributed by atoms with Crippen molar-refractivity contribution in [2.45, 2.75) is 33.3 Å². The predicted octanol–water partition coefficient (Wildman–Crippen LogP) is 2.47. The maximum absolute atomic E-state index is 11.8. The largest absolute Gasteiger partial charge is 0.374 e. The number of aryl methyl sites for hydroxylation is 1. The number of fused-ring (bicyclic) bond motifs is 1. The molecule has 0 spiro atoms. The molecule has 0 amide bonds. The Bertz CT molecular complexity index is 559. The zero-order chi connectivity index (χ0) is 12.3. The molecule has 92 valence electrons. The number of nitrogens with zero attached hydrogens (tertiary/aromatic N) is 1. The second-order valence-electron chi connectivity index (χ2n) is 3.85. The number of H-pyrrole nitrogens is 1. The minimum absolute atomic E-state index is 0.0685. The van der Waals surface area contributed by atoms with Crippen LogP contribution in [0.2, 0.25) is 0 Å². The minimum atomic E-state index is -0.0685. The molecule has 2 rings (SSSR count). The molecule has 0 unspecified atom stereocenters. The molecule has 0 aliphatic rings. The summed E-state index contributed by atoms with van der Waals surface area (Å²) >= 11 is 1.58. The second-order valence-corrected chi connectivity index (χ2v) is 4.97. The van der Waals surface area contributed by atoms with E-state index >= 15 is 0 Å². The van der Waals surface area contributed by atoms with Crippen LogP contribution in [0.4, 0.5) is 0 Å². The Labute approximate surface area is 104 Å². The Morgan fingerprint density at radius 2 is 2.29 bits per heavy atom. The molecule has 0 aliphatic carbocycles. The summed E-state index contributed by atoms with van der Waals surface area (Å²) in [7, 11) is 0. The van der Waals surface area contributed by atoms with Gasteiger partial charge in [-0.05, 0) is 18.9 Å². The Balaban J connectivity index is 2.30. The molecule has 0 saturated heterocycles. The summed E-state index contributed by atoms with van der Waals surface area (Å²) in [4.78, 5) is 21.0. The van der Waals surface area contributed by atoms with Crippen molar-refractivity contribution < 1.29 is 4.74 Å². The van der Waals surface area contributed by atoms with E-state index in [1.807, 2.05) is 13.0 Å². The first-order chi connectivity index (χ1) is 8.24. The number of aromatic amines is 1. The third kappa shape index (κ3) is 2.73. The van der Waals surface area contributed by atoms with Gasteiger partial charge >= 0.3 is 0 Å². The van der Waals surface area contributed by atoms with E-state index in [0.29, 0.717) is 24.4 Å². The molecular weight excluding hydrogens is 236 g/mol. The number of hydrogen-bond acceptors (Lipinski definition) is 4. The summed E-state index contributed by atoms with van der Waals surface area (Å²) < 4.78 is 5.38. The Morgan fingerprint density at radius 3 is 3.00 bits per heavy atom. The van der Waals surface area contributed by atoms with Crippen molar-refractivity contribution in [1.29, 1.82) is 0 Å². The van der Waals surface area contributed by atoms with Crippen molar-refractivity contribution in [3.8, 4) is 0 Å². The van der Waals surface area contributed by atoms with Crippen LogP contribution in [0.3, 0.4) is 0 Å². The number of hydrogen-bond donors (Lipinski definition) is 1. The number of rotatable bonds is 5. The SMILES string of the molecule is CCCOCc1nc2sc(CC)cc2c(=O)[nH]1. The van der Waals surface area contributed by atoms with Crippen LogP contribution >= 0.6 is 11.3 Å². The van der Waals surface area contributed by atoms with Crippen LogP contribution in [0.1, 0.15) is 31.0 Å². The molecule has 0 bridgehead atoms. The van der Waals surface area contributed by atoms with Gasteiger partial charge in [0.25, 0.3) is 5.56 Å². The summed E-state index contributed by atoms with van der Waals surface area (Å²) in [6.45, 7) is 5.18. The molecule has 5 heteroatoms. The minimum Gasteiger partial charge on any atom is -0.374 e. The standard InChI is InChI=1S/C12H16N2O2S/c1-3-5-16-7-10-13-11(15)9-6-8(4-2)17-12(9)14-10/h6H,3-5,7H2,1-2H3,(H,13,14,15). The van der Waals surface area contributed by atoms with Crippen molar-refractivity contribution in [3.05, 3.63) is 27.1 Å². The van der Waals surface area contributed by atoms with Gasteiger partial charge < -0.3 is 9.72 Å². The predicted molar refractivity (Wildman–Crippen MR) is 69.6 cm³/mol. The van der Waals surface area contributed by atoms with E-state index in [1.54, 1.807) is 11.3 Å². The lowest BCUT2D eigenvalue weighted by molar-refractivity contribution is 0.116. The number of aromatic nitrogens is 2. The monoisotopic (exact) mass is 252 g/mol. The average Bonchev–Trinajstić information content (AvgIpc) is 2.73. The third-order valence-corrected chi connectivity index (χ3v) is 3.61. The highest BCUT2D eigenvalue weighted by molar-refractivity contribution is 7.18. The van der Waals surface area contributed by atoms with Crippen molar-refractivity contribution in [1.82, 2.24) is 9.97 Å². The van der Waals surface area contributed by atoms with Crippen molar-refractivity contribution in [2.75, 3.05) is 6.61 Å². The third-order valence-electron chi connectivity index (χ3n) is 2.44. The fourth-order valence-corrected chi connectivity index (χ4v) is 2.57. The fourth-order valence-electron chi connectivity index (χ4n) is 1.58. The van der Waals surface area contributed by atoms with Gasteiger partial charge in [0, 0.05) is 11.5 Å². The van der Waals surface area contributed by atoms with Gasteiger partial charge in [0.2, 0.25) is 0 Å². The second kappa shape index (κ2) is 5.42. The van der Waals surface area contributed by atoms with Crippen LogP contribution in [0, 0.1) is 0 Å². The van der Waals surface area contributed by atoms with E-state index in [1.165, 1.54) is 4.88 Å². The van der Waals surface area contributed by atoms with Crippen molar-refractivity contribution in [2.24, 2.45) is 0 Å². The first-order valence-electron chi connectivity index (χ1n) is 5.84. The highest BCUT2D eigenvalue weighted by Crippen LogP contribution is 2.21. The van der Waals surface area contributed by atoms with Gasteiger partial charge in [-0.1, -0.05) is 13.8 Å². The maximum atomic E-state index is 11.8. The zero-order valence-corrected chi connectivity index (χ0v) is 10.9. The zero-order valence-electron chi connectivity index (χ0n) is 10.1. The molecular formula is C12H16N2O2S. The molecule has 4 nitrogen and oxygen atoms in total. The molecule has 17 heavy (non-hydrogen) atoms. The Hall–Kier alpha value is -1.20. The average molecular weight is 252 g/mol. The van der Waals surface area contributed by atoms with E-state index in [2.05, 4.69) is 16.9 Å². The van der Waals surface area contributed by atoms with Gasteiger partial charge in [0.15, 0.2) is 0 Å². The highest BCUT2D eigenvalue weighted by atomic mass is 32.1. The normalized spacial score (nSPS) is 11.2. The van der Waals surface area contributed by atoms with Crippen LogP contribution in [-0.2, 0) is 17.8 Å². The molecule has 2 aromatic rings. The fraction of sp³-hybridized carbons (Fsp3) is 0.500. The summed E-state index contributed by atoms with van der Waals surface area (Å²) in [5.74, 6) is 0.612. The molecule has 0 aromatic carbocycles.